The van der Waals surface area contributed by atoms with Crippen molar-refractivity contribution < 1.29 is 0 Å². The minimum atomic E-state index is 0.0706. The first kappa shape index (κ1) is 17.5. The van der Waals surface area contributed by atoms with Gasteiger partial charge in [-0.25, -0.2) is 4.98 Å². The molecule has 1 aliphatic carbocycles. The Hall–Kier alpha value is -1.95. The van der Waals surface area contributed by atoms with Crippen LogP contribution in [0.5, 0.6) is 0 Å². The van der Waals surface area contributed by atoms with Gasteiger partial charge in [-0.15, -0.1) is 0 Å². The van der Waals surface area contributed by atoms with E-state index in [1.807, 2.05) is 10.9 Å². The van der Waals surface area contributed by atoms with Crippen LogP contribution in [0.25, 0.3) is 0 Å². The maximum atomic E-state index is 12.7. The zero-order valence-corrected chi connectivity index (χ0v) is 15.9. The van der Waals surface area contributed by atoms with Gasteiger partial charge in [-0.2, -0.15) is 5.10 Å². The molecule has 1 aliphatic heterocycles. The molecule has 0 unspecified atom stereocenters. The summed E-state index contributed by atoms with van der Waals surface area (Å²) in [6, 6.07) is 0. The van der Waals surface area contributed by atoms with Gasteiger partial charge in [-0.05, 0) is 26.7 Å². The molecule has 6 nitrogen and oxygen atoms in total. The van der Waals surface area contributed by atoms with E-state index < -0.39 is 0 Å². The third-order valence-electron chi connectivity index (χ3n) is 6.06. The highest BCUT2D eigenvalue weighted by molar-refractivity contribution is 5.23. The van der Waals surface area contributed by atoms with E-state index in [9.17, 15) is 4.79 Å². The molecule has 1 N–H and O–H groups in total. The maximum absolute atomic E-state index is 12.7. The van der Waals surface area contributed by atoms with Crippen molar-refractivity contribution in [2.45, 2.75) is 77.9 Å². The molecule has 2 aromatic heterocycles. The number of aromatic nitrogens is 4. The number of hydrogen-bond acceptors (Lipinski definition) is 4. The fraction of sp³-hybridized carbons (Fsp3) is 0.650. The zero-order valence-electron chi connectivity index (χ0n) is 15.9. The van der Waals surface area contributed by atoms with Crippen LogP contribution < -0.4 is 5.56 Å². The fourth-order valence-corrected chi connectivity index (χ4v) is 4.40. The normalized spacial score (nSPS) is 18.8. The average molecular weight is 355 g/mol. The quantitative estimate of drug-likeness (QED) is 0.916. The van der Waals surface area contributed by atoms with Crippen molar-refractivity contribution in [1.82, 2.24) is 24.6 Å². The van der Waals surface area contributed by atoms with Gasteiger partial charge in [0.05, 0.1) is 17.5 Å². The van der Waals surface area contributed by atoms with Crippen molar-refractivity contribution in [3.05, 3.63) is 44.9 Å². The summed E-state index contributed by atoms with van der Waals surface area (Å²) >= 11 is 0. The number of fused-ring (bicyclic) bond motifs is 1. The van der Waals surface area contributed by atoms with E-state index in [2.05, 4.69) is 28.8 Å². The average Bonchev–Trinajstić information content (AvgIpc) is 3.02. The van der Waals surface area contributed by atoms with Gasteiger partial charge in [-0.3, -0.25) is 14.4 Å². The van der Waals surface area contributed by atoms with Gasteiger partial charge >= 0.3 is 0 Å². The summed E-state index contributed by atoms with van der Waals surface area (Å²) in [4.78, 5) is 23.0. The van der Waals surface area contributed by atoms with Gasteiger partial charge in [0.1, 0.15) is 5.82 Å². The zero-order chi connectivity index (χ0) is 18.1. The summed E-state index contributed by atoms with van der Waals surface area (Å²) in [5.74, 6) is 1.38. The van der Waals surface area contributed by atoms with E-state index >= 15 is 0 Å². The standard InChI is InChI=1S/C20H29N5O/c1-3-25-14(2)16(11-21-25)12-24-10-9-18-17(13-24)20(26)23-19(22-18)15-7-5-4-6-8-15/h11,15H,3-10,12-13H2,1-2H3,(H,22,23,26). The molecule has 0 saturated heterocycles. The first-order valence-electron chi connectivity index (χ1n) is 10.0. The third-order valence-corrected chi connectivity index (χ3v) is 6.06. The Labute approximate surface area is 154 Å². The van der Waals surface area contributed by atoms with Crippen molar-refractivity contribution in [3.63, 3.8) is 0 Å². The first-order chi connectivity index (χ1) is 12.7. The lowest BCUT2D eigenvalue weighted by Crippen LogP contribution is -2.36. The third kappa shape index (κ3) is 3.34. The first-order valence-corrected chi connectivity index (χ1v) is 10.0. The highest BCUT2D eigenvalue weighted by atomic mass is 16.1. The number of aryl methyl sites for hydroxylation is 1. The molecule has 0 aromatic carbocycles. The number of hydrogen-bond donors (Lipinski definition) is 1. The maximum Gasteiger partial charge on any atom is 0.255 e. The second kappa shape index (κ2) is 7.35. The number of nitrogens with one attached hydrogen (secondary N) is 1. The van der Waals surface area contributed by atoms with E-state index in [-0.39, 0.29) is 5.56 Å². The van der Waals surface area contributed by atoms with Gasteiger partial charge in [0.2, 0.25) is 0 Å². The Balaban J connectivity index is 1.51. The van der Waals surface area contributed by atoms with Crippen LogP contribution in [0.4, 0.5) is 0 Å². The molecule has 26 heavy (non-hydrogen) atoms. The van der Waals surface area contributed by atoms with Gasteiger partial charge in [0, 0.05) is 49.8 Å². The van der Waals surface area contributed by atoms with Crippen molar-refractivity contribution in [2.75, 3.05) is 6.54 Å². The largest absolute Gasteiger partial charge is 0.310 e. The van der Waals surface area contributed by atoms with E-state index in [0.29, 0.717) is 12.5 Å². The van der Waals surface area contributed by atoms with E-state index in [0.717, 1.165) is 56.0 Å². The summed E-state index contributed by atoms with van der Waals surface area (Å²) in [7, 11) is 0. The highest BCUT2D eigenvalue weighted by Crippen LogP contribution is 2.30. The molecule has 140 valence electrons. The monoisotopic (exact) mass is 355 g/mol. The molecular formula is C20H29N5O. The van der Waals surface area contributed by atoms with Crippen molar-refractivity contribution in [3.8, 4) is 0 Å². The van der Waals surface area contributed by atoms with Crippen LogP contribution in [-0.4, -0.2) is 31.2 Å². The summed E-state index contributed by atoms with van der Waals surface area (Å²) in [6.07, 6.45) is 8.97. The van der Waals surface area contributed by atoms with Crippen LogP contribution in [0.15, 0.2) is 11.0 Å². The molecule has 2 aromatic rings. The Morgan fingerprint density at radius 3 is 2.81 bits per heavy atom. The lowest BCUT2D eigenvalue weighted by atomic mass is 9.88. The topological polar surface area (TPSA) is 66.8 Å². The molecule has 1 fully saturated rings. The molecule has 0 atom stereocenters. The summed E-state index contributed by atoms with van der Waals surface area (Å²) < 4.78 is 2.03. The summed E-state index contributed by atoms with van der Waals surface area (Å²) in [5.41, 5.74) is 4.42. The predicted octanol–water partition coefficient (Wildman–Crippen LogP) is 2.90. The smallest absolute Gasteiger partial charge is 0.255 e. The summed E-state index contributed by atoms with van der Waals surface area (Å²) in [6.45, 7) is 7.59. The number of nitrogens with zero attached hydrogens (tertiary/aromatic N) is 4. The van der Waals surface area contributed by atoms with Gasteiger partial charge < -0.3 is 4.98 Å². The Bertz CT molecular complexity index is 831. The highest BCUT2D eigenvalue weighted by Gasteiger charge is 2.25. The SMILES string of the molecule is CCn1ncc(CN2CCc3nc(C4CCCCC4)[nH]c(=O)c3C2)c1C. The van der Waals surface area contributed by atoms with Gasteiger partial charge in [0.25, 0.3) is 5.56 Å². The van der Waals surface area contributed by atoms with Gasteiger partial charge in [-0.1, -0.05) is 19.3 Å². The molecule has 6 heteroatoms. The van der Waals surface area contributed by atoms with Crippen molar-refractivity contribution in [2.24, 2.45) is 0 Å². The molecule has 0 radical (unpaired) electrons. The molecule has 2 aliphatic rings. The van der Waals surface area contributed by atoms with E-state index in [4.69, 9.17) is 4.98 Å². The predicted molar refractivity (Wildman–Crippen MR) is 101 cm³/mol. The minimum Gasteiger partial charge on any atom is -0.310 e. The molecule has 0 spiro atoms. The lowest BCUT2D eigenvalue weighted by molar-refractivity contribution is 0.240. The Morgan fingerprint density at radius 1 is 1.27 bits per heavy atom. The van der Waals surface area contributed by atoms with E-state index in [1.165, 1.54) is 30.5 Å². The molecule has 1 saturated carbocycles. The number of H-pyrrole nitrogens is 1. The lowest BCUT2D eigenvalue weighted by Gasteiger charge is -2.28. The minimum absolute atomic E-state index is 0.0706. The Morgan fingerprint density at radius 2 is 2.08 bits per heavy atom. The van der Waals surface area contributed by atoms with Crippen LogP contribution in [0, 0.1) is 6.92 Å². The Kier molecular flexibility index (Phi) is 4.94. The molecule has 4 rings (SSSR count). The van der Waals surface area contributed by atoms with Crippen LogP contribution >= 0.6 is 0 Å². The van der Waals surface area contributed by atoms with Crippen molar-refractivity contribution in [1.29, 1.82) is 0 Å². The van der Waals surface area contributed by atoms with Crippen LogP contribution in [0.3, 0.4) is 0 Å². The molecule has 0 bridgehead atoms. The van der Waals surface area contributed by atoms with Crippen LogP contribution in [0.2, 0.25) is 0 Å². The number of aromatic amines is 1. The second-order valence-corrected chi connectivity index (χ2v) is 7.74. The van der Waals surface area contributed by atoms with Crippen molar-refractivity contribution >= 4 is 0 Å². The van der Waals surface area contributed by atoms with Gasteiger partial charge in [0.15, 0.2) is 0 Å². The summed E-state index contributed by atoms with van der Waals surface area (Å²) in [5, 5.41) is 4.43. The van der Waals surface area contributed by atoms with E-state index in [1.54, 1.807) is 0 Å². The van der Waals surface area contributed by atoms with Crippen LogP contribution in [0.1, 0.15) is 73.3 Å². The molecule has 3 heterocycles. The van der Waals surface area contributed by atoms with Crippen LogP contribution in [-0.2, 0) is 26.1 Å². The second-order valence-electron chi connectivity index (χ2n) is 7.74. The molecular weight excluding hydrogens is 326 g/mol. The number of rotatable bonds is 4. The fourth-order valence-electron chi connectivity index (χ4n) is 4.40. The molecule has 0 amide bonds.